The molecule has 2 N–H and O–H groups in total. The van der Waals surface area contributed by atoms with Crippen LogP contribution in [0.5, 0.6) is 0 Å². The topological polar surface area (TPSA) is 57.2 Å². The fourth-order valence-electron chi connectivity index (χ4n) is 2.90. The summed E-state index contributed by atoms with van der Waals surface area (Å²) in [5.74, 6) is -0.187. The second-order valence-corrected chi connectivity index (χ2v) is 5.34. The van der Waals surface area contributed by atoms with E-state index in [0.29, 0.717) is 0 Å². The number of methoxy groups -OCH3 is 1. The summed E-state index contributed by atoms with van der Waals surface area (Å²) in [6, 6.07) is 7.81. The zero-order chi connectivity index (χ0) is 13.6. The molecule has 1 aromatic carbocycles. The number of nitrogens with zero attached hydrogens (tertiary/aromatic N) is 1. The lowest BCUT2D eigenvalue weighted by Crippen LogP contribution is -2.30. The van der Waals surface area contributed by atoms with Crippen LogP contribution in [-0.2, 0) is 16.6 Å². The van der Waals surface area contributed by atoms with Gasteiger partial charge in [0.05, 0.1) is 12.5 Å². The van der Waals surface area contributed by atoms with Gasteiger partial charge in [-0.1, -0.05) is 18.2 Å². The Morgan fingerprint density at radius 2 is 2.11 bits per heavy atom. The fraction of sp³-hybridized carbons (Fsp3) is 0.400. The molecule has 4 nitrogen and oxygen atoms in total. The number of aryl methyl sites for hydroxylation is 1. The smallest absolute Gasteiger partial charge is 0.313 e. The maximum Gasteiger partial charge on any atom is 0.313 e. The van der Waals surface area contributed by atoms with Crippen LogP contribution in [0.25, 0.3) is 10.9 Å². The Labute approximate surface area is 112 Å². The number of fused-ring (bicyclic) bond motifs is 1. The number of esters is 1. The van der Waals surface area contributed by atoms with Crippen LogP contribution in [0.4, 0.5) is 0 Å². The Morgan fingerprint density at radius 3 is 2.74 bits per heavy atom. The maximum atomic E-state index is 11.9. The summed E-state index contributed by atoms with van der Waals surface area (Å²) in [5.41, 5.74) is 8.02. The molecule has 0 aliphatic heterocycles. The van der Waals surface area contributed by atoms with Crippen molar-refractivity contribution in [3.8, 4) is 0 Å². The van der Waals surface area contributed by atoms with Gasteiger partial charge in [0, 0.05) is 30.2 Å². The molecule has 4 heteroatoms. The van der Waals surface area contributed by atoms with Gasteiger partial charge in [0.2, 0.25) is 0 Å². The Morgan fingerprint density at radius 1 is 1.42 bits per heavy atom. The third-order valence-corrected chi connectivity index (χ3v) is 4.24. The van der Waals surface area contributed by atoms with Crippen LogP contribution in [0.1, 0.15) is 24.4 Å². The van der Waals surface area contributed by atoms with E-state index < -0.39 is 5.41 Å². The van der Waals surface area contributed by atoms with Crippen molar-refractivity contribution >= 4 is 16.9 Å². The number of nitrogens with two attached hydrogens (primary N) is 1. The van der Waals surface area contributed by atoms with Crippen LogP contribution in [0, 0.1) is 5.41 Å². The first kappa shape index (κ1) is 12.2. The predicted molar refractivity (Wildman–Crippen MR) is 73.5 cm³/mol. The van der Waals surface area contributed by atoms with E-state index in [1.54, 1.807) is 0 Å². The van der Waals surface area contributed by atoms with Gasteiger partial charge in [-0.3, -0.25) is 4.79 Å². The van der Waals surface area contributed by atoms with Crippen molar-refractivity contribution in [2.75, 3.05) is 7.11 Å². The van der Waals surface area contributed by atoms with Crippen molar-refractivity contribution in [1.82, 2.24) is 4.57 Å². The number of rotatable bonds is 3. The fourth-order valence-corrected chi connectivity index (χ4v) is 2.90. The lowest BCUT2D eigenvalue weighted by Gasteiger charge is -2.20. The van der Waals surface area contributed by atoms with Gasteiger partial charge in [-0.2, -0.15) is 0 Å². The second-order valence-electron chi connectivity index (χ2n) is 5.34. The van der Waals surface area contributed by atoms with Crippen LogP contribution < -0.4 is 5.73 Å². The number of hydrogen-bond donors (Lipinski definition) is 1. The van der Waals surface area contributed by atoms with E-state index in [4.69, 9.17) is 10.5 Å². The summed E-state index contributed by atoms with van der Waals surface area (Å²) >= 11 is 0. The Balaban J connectivity index is 2.08. The molecule has 0 amide bonds. The van der Waals surface area contributed by atoms with Gasteiger partial charge in [-0.05, 0) is 24.5 Å². The van der Waals surface area contributed by atoms with Gasteiger partial charge in [-0.25, -0.2) is 0 Å². The molecule has 1 heterocycles. The quantitative estimate of drug-likeness (QED) is 0.858. The van der Waals surface area contributed by atoms with Crippen molar-refractivity contribution in [2.24, 2.45) is 18.2 Å². The Kier molecular flexibility index (Phi) is 2.64. The number of para-hydroxylation sites is 1. The molecule has 0 bridgehead atoms. The molecule has 1 aliphatic carbocycles. The predicted octanol–water partition coefficient (Wildman–Crippen LogP) is 2.13. The van der Waals surface area contributed by atoms with Crippen molar-refractivity contribution < 1.29 is 9.53 Å². The number of carbonyl (C=O) groups is 1. The van der Waals surface area contributed by atoms with Crippen molar-refractivity contribution in [1.29, 1.82) is 0 Å². The first-order chi connectivity index (χ1) is 9.10. The molecule has 0 saturated heterocycles. The van der Waals surface area contributed by atoms with Crippen molar-refractivity contribution in [3.05, 3.63) is 36.0 Å². The highest BCUT2D eigenvalue weighted by molar-refractivity contribution is 5.87. The van der Waals surface area contributed by atoms with Crippen LogP contribution in [0.3, 0.4) is 0 Å². The number of ether oxygens (including phenoxy) is 1. The third-order valence-electron chi connectivity index (χ3n) is 4.24. The number of hydrogen-bond acceptors (Lipinski definition) is 3. The van der Waals surface area contributed by atoms with Gasteiger partial charge < -0.3 is 15.0 Å². The number of carbonyl (C=O) groups excluding carboxylic acids is 1. The number of benzene rings is 1. The molecule has 1 saturated carbocycles. The highest BCUT2D eigenvalue weighted by Gasteiger charge is 2.56. The summed E-state index contributed by atoms with van der Waals surface area (Å²) in [6.45, 7) is 0. The molecule has 19 heavy (non-hydrogen) atoms. The minimum absolute atomic E-state index is 0.187. The van der Waals surface area contributed by atoms with Crippen LogP contribution >= 0.6 is 0 Å². The normalized spacial score (nSPS) is 18.3. The van der Waals surface area contributed by atoms with E-state index in [1.807, 2.05) is 25.4 Å². The highest BCUT2D eigenvalue weighted by Crippen LogP contribution is 2.55. The molecular weight excluding hydrogens is 240 g/mol. The van der Waals surface area contributed by atoms with Gasteiger partial charge >= 0.3 is 5.97 Å². The first-order valence-corrected chi connectivity index (χ1v) is 6.48. The second kappa shape index (κ2) is 4.10. The molecule has 1 unspecified atom stereocenters. The summed E-state index contributed by atoms with van der Waals surface area (Å²) in [5, 5.41) is 1.12. The molecule has 0 radical (unpaired) electrons. The zero-order valence-electron chi connectivity index (χ0n) is 11.2. The monoisotopic (exact) mass is 258 g/mol. The molecule has 1 aromatic heterocycles. The summed E-state index contributed by atoms with van der Waals surface area (Å²) in [4.78, 5) is 11.9. The molecular formula is C15H18N2O2. The maximum absolute atomic E-state index is 11.9. The van der Waals surface area contributed by atoms with E-state index in [9.17, 15) is 4.79 Å². The summed E-state index contributed by atoms with van der Waals surface area (Å²) < 4.78 is 6.97. The van der Waals surface area contributed by atoms with Gasteiger partial charge in [0.15, 0.2) is 0 Å². The average Bonchev–Trinajstić information content (AvgIpc) is 3.18. The lowest BCUT2D eigenvalue weighted by atomic mass is 9.90. The highest BCUT2D eigenvalue weighted by atomic mass is 16.5. The Bertz CT molecular complexity index is 641. The van der Waals surface area contributed by atoms with Gasteiger partial charge in [0.25, 0.3) is 0 Å². The first-order valence-electron chi connectivity index (χ1n) is 6.48. The molecule has 3 rings (SSSR count). The van der Waals surface area contributed by atoms with E-state index in [1.165, 1.54) is 7.11 Å². The summed E-state index contributed by atoms with van der Waals surface area (Å²) in [7, 11) is 3.43. The number of aromatic nitrogens is 1. The molecule has 100 valence electrons. The summed E-state index contributed by atoms with van der Waals surface area (Å²) in [6.07, 6.45) is 3.65. The minimum atomic E-state index is -0.515. The zero-order valence-corrected chi connectivity index (χ0v) is 11.2. The van der Waals surface area contributed by atoms with Gasteiger partial charge in [-0.15, -0.1) is 0 Å². The average molecular weight is 258 g/mol. The van der Waals surface area contributed by atoms with E-state index in [0.717, 1.165) is 29.3 Å². The van der Waals surface area contributed by atoms with Crippen LogP contribution in [0.2, 0.25) is 0 Å². The largest absolute Gasteiger partial charge is 0.469 e. The molecule has 2 aromatic rings. The molecule has 1 aliphatic rings. The third kappa shape index (κ3) is 1.67. The van der Waals surface area contributed by atoms with Gasteiger partial charge in [0.1, 0.15) is 0 Å². The molecule has 1 atom stereocenters. The van der Waals surface area contributed by atoms with Crippen molar-refractivity contribution in [2.45, 2.75) is 18.9 Å². The van der Waals surface area contributed by atoms with E-state index in [-0.39, 0.29) is 12.0 Å². The SMILES string of the molecule is COC(=O)C1(C(N)c2cn(C)c3ccccc23)CC1. The van der Waals surface area contributed by atoms with E-state index >= 15 is 0 Å². The molecule has 1 fully saturated rings. The Hall–Kier alpha value is -1.81. The van der Waals surface area contributed by atoms with Crippen LogP contribution in [0.15, 0.2) is 30.5 Å². The van der Waals surface area contributed by atoms with Crippen LogP contribution in [-0.4, -0.2) is 17.6 Å². The standard InChI is InChI=1S/C15H18N2O2/c1-17-9-11(10-5-3-4-6-12(10)17)13(16)15(7-8-15)14(18)19-2/h3-6,9,13H,7-8,16H2,1-2H3. The van der Waals surface area contributed by atoms with E-state index in [2.05, 4.69) is 16.7 Å². The van der Waals surface area contributed by atoms with Crippen molar-refractivity contribution in [3.63, 3.8) is 0 Å². The molecule has 0 spiro atoms. The lowest BCUT2D eigenvalue weighted by molar-refractivity contribution is -0.148. The minimum Gasteiger partial charge on any atom is -0.469 e.